The summed E-state index contributed by atoms with van der Waals surface area (Å²) in [4.78, 5) is 23.0. The van der Waals surface area contributed by atoms with Crippen molar-refractivity contribution in [1.29, 1.82) is 0 Å². The molecule has 0 saturated heterocycles. The third kappa shape index (κ3) is 5.34. The lowest BCUT2D eigenvalue weighted by Crippen LogP contribution is -2.56. The molecule has 0 aromatic carbocycles. The highest BCUT2D eigenvalue weighted by molar-refractivity contribution is 5.66. The summed E-state index contributed by atoms with van der Waals surface area (Å²) in [7, 11) is 0. The molecule has 3 rings (SSSR count). The Kier molecular flexibility index (Phi) is 8.00. The van der Waals surface area contributed by atoms with Crippen LogP contribution in [0.15, 0.2) is 0 Å². The highest BCUT2D eigenvalue weighted by Crippen LogP contribution is 2.65. The normalized spacial score (nSPS) is 40.9. The topological polar surface area (TPSA) is 72.8 Å². The van der Waals surface area contributed by atoms with E-state index in [0.717, 1.165) is 77.0 Å². The molecule has 7 atom stereocenters. The molecular formula is C27H46O5. The standard InChI is InChI=1S/C27H46O5/c1-6-7-8-14-27(30)17-21-22(25(4,18-27)13-9-16-31-19(2)28)12-15-26(5)23(21)10-11-24(26)32-20(3)29/h21-24,30H,6-18H2,1-5H3/t21-,22+,23+,24+,25+,26+,27?/m1/s1. The quantitative estimate of drug-likeness (QED) is 0.354. The fraction of sp³-hybridized carbons (Fsp3) is 0.926. The van der Waals surface area contributed by atoms with E-state index in [1.807, 2.05) is 0 Å². The summed E-state index contributed by atoms with van der Waals surface area (Å²) in [5.41, 5.74) is -0.553. The smallest absolute Gasteiger partial charge is 0.302 e. The predicted octanol–water partition coefficient (Wildman–Crippen LogP) is 5.82. The minimum atomic E-state index is -0.621. The van der Waals surface area contributed by atoms with Crippen molar-refractivity contribution in [1.82, 2.24) is 0 Å². The molecule has 3 aliphatic rings. The van der Waals surface area contributed by atoms with Gasteiger partial charge in [-0.1, -0.05) is 40.0 Å². The van der Waals surface area contributed by atoms with Gasteiger partial charge in [-0.3, -0.25) is 9.59 Å². The van der Waals surface area contributed by atoms with Gasteiger partial charge in [0, 0.05) is 19.3 Å². The summed E-state index contributed by atoms with van der Waals surface area (Å²) >= 11 is 0. The van der Waals surface area contributed by atoms with Crippen LogP contribution < -0.4 is 0 Å². The Morgan fingerprint density at radius 3 is 2.38 bits per heavy atom. The first-order valence-electron chi connectivity index (χ1n) is 13.1. The van der Waals surface area contributed by atoms with Gasteiger partial charge in [-0.25, -0.2) is 0 Å². The van der Waals surface area contributed by atoms with Gasteiger partial charge in [0.05, 0.1) is 12.2 Å². The molecule has 0 radical (unpaired) electrons. The molecule has 3 aliphatic carbocycles. The maximum atomic E-state index is 11.9. The third-order valence-electron chi connectivity index (χ3n) is 9.35. The molecule has 5 heteroatoms. The largest absolute Gasteiger partial charge is 0.466 e. The summed E-state index contributed by atoms with van der Waals surface area (Å²) in [6, 6.07) is 0. The molecule has 5 nitrogen and oxygen atoms in total. The summed E-state index contributed by atoms with van der Waals surface area (Å²) in [6.45, 7) is 10.4. The molecule has 0 heterocycles. The zero-order valence-corrected chi connectivity index (χ0v) is 21.1. The van der Waals surface area contributed by atoms with Gasteiger partial charge in [0.2, 0.25) is 0 Å². The van der Waals surface area contributed by atoms with E-state index in [1.165, 1.54) is 13.8 Å². The monoisotopic (exact) mass is 450 g/mol. The number of hydrogen-bond acceptors (Lipinski definition) is 5. The molecule has 32 heavy (non-hydrogen) atoms. The first-order chi connectivity index (χ1) is 15.0. The van der Waals surface area contributed by atoms with Crippen molar-refractivity contribution in [3.8, 4) is 0 Å². The van der Waals surface area contributed by atoms with Crippen LogP contribution in [0.5, 0.6) is 0 Å². The van der Waals surface area contributed by atoms with Gasteiger partial charge in [0.25, 0.3) is 0 Å². The van der Waals surface area contributed by atoms with E-state index in [0.29, 0.717) is 24.4 Å². The molecule has 0 spiro atoms. The Labute approximate surface area is 195 Å². The Bertz CT molecular complexity index is 677. The number of esters is 2. The summed E-state index contributed by atoms with van der Waals surface area (Å²) < 4.78 is 11.0. The van der Waals surface area contributed by atoms with Crippen LogP contribution in [0.4, 0.5) is 0 Å². The van der Waals surface area contributed by atoms with E-state index in [1.54, 1.807) is 0 Å². The van der Waals surface area contributed by atoms with Crippen LogP contribution >= 0.6 is 0 Å². The van der Waals surface area contributed by atoms with Crippen molar-refractivity contribution in [2.45, 2.75) is 123 Å². The number of carbonyl (C=O) groups excluding carboxylic acids is 2. The highest BCUT2D eigenvalue weighted by Gasteiger charge is 2.61. The first-order valence-corrected chi connectivity index (χ1v) is 13.1. The molecule has 0 aromatic rings. The summed E-state index contributed by atoms with van der Waals surface area (Å²) in [5.74, 6) is 1.14. The number of aliphatic hydroxyl groups is 1. The van der Waals surface area contributed by atoms with Gasteiger partial charge in [-0.05, 0) is 81.0 Å². The van der Waals surface area contributed by atoms with Crippen LogP contribution in [0.2, 0.25) is 0 Å². The maximum absolute atomic E-state index is 11.9. The fourth-order valence-electron chi connectivity index (χ4n) is 8.04. The first kappa shape index (κ1) is 25.5. The Balaban J connectivity index is 1.82. The second-order valence-corrected chi connectivity index (χ2v) is 11.8. The second kappa shape index (κ2) is 10.0. The molecule has 184 valence electrons. The van der Waals surface area contributed by atoms with E-state index in [9.17, 15) is 14.7 Å². The van der Waals surface area contributed by atoms with Gasteiger partial charge in [-0.2, -0.15) is 0 Å². The highest BCUT2D eigenvalue weighted by atomic mass is 16.5. The van der Waals surface area contributed by atoms with Crippen molar-refractivity contribution in [3.05, 3.63) is 0 Å². The average Bonchev–Trinajstić information content (AvgIpc) is 3.01. The number of unbranched alkanes of at least 4 members (excludes halogenated alkanes) is 2. The van der Waals surface area contributed by atoms with E-state index in [-0.39, 0.29) is 28.9 Å². The minimum Gasteiger partial charge on any atom is -0.466 e. The lowest BCUT2D eigenvalue weighted by molar-refractivity contribution is -0.173. The zero-order valence-electron chi connectivity index (χ0n) is 21.1. The Morgan fingerprint density at radius 1 is 0.969 bits per heavy atom. The van der Waals surface area contributed by atoms with Crippen LogP contribution in [-0.2, 0) is 19.1 Å². The number of rotatable bonds is 9. The number of fused-ring (bicyclic) bond motifs is 3. The molecule has 0 amide bonds. The summed E-state index contributed by atoms with van der Waals surface area (Å²) in [5, 5.41) is 11.9. The molecule has 0 bridgehead atoms. The van der Waals surface area contributed by atoms with Crippen LogP contribution in [0.3, 0.4) is 0 Å². The lowest BCUT2D eigenvalue weighted by Gasteiger charge is -2.60. The van der Waals surface area contributed by atoms with Gasteiger partial charge >= 0.3 is 11.9 Å². The summed E-state index contributed by atoms with van der Waals surface area (Å²) in [6.07, 6.45) is 12.1. The average molecular weight is 451 g/mol. The van der Waals surface area contributed by atoms with Gasteiger partial charge in [0.15, 0.2) is 0 Å². The van der Waals surface area contributed by atoms with E-state index >= 15 is 0 Å². The molecular weight excluding hydrogens is 404 g/mol. The third-order valence-corrected chi connectivity index (χ3v) is 9.35. The molecule has 3 fully saturated rings. The fourth-order valence-corrected chi connectivity index (χ4v) is 8.04. The predicted molar refractivity (Wildman–Crippen MR) is 125 cm³/mol. The Hall–Kier alpha value is -1.10. The van der Waals surface area contributed by atoms with Crippen LogP contribution in [0.25, 0.3) is 0 Å². The van der Waals surface area contributed by atoms with Crippen molar-refractivity contribution >= 4 is 11.9 Å². The van der Waals surface area contributed by atoms with Crippen LogP contribution in [-0.4, -0.2) is 35.4 Å². The van der Waals surface area contributed by atoms with Gasteiger partial charge < -0.3 is 14.6 Å². The molecule has 1 unspecified atom stereocenters. The molecule has 0 aromatic heterocycles. The molecule has 0 aliphatic heterocycles. The van der Waals surface area contributed by atoms with Crippen molar-refractivity contribution in [3.63, 3.8) is 0 Å². The number of hydrogen-bond donors (Lipinski definition) is 1. The van der Waals surface area contributed by atoms with E-state index < -0.39 is 5.60 Å². The Morgan fingerprint density at radius 2 is 1.72 bits per heavy atom. The van der Waals surface area contributed by atoms with Crippen molar-refractivity contribution in [2.75, 3.05) is 6.61 Å². The van der Waals surface area contributed by atoms with Crippen molar-refractivity contribution in [2.24, 2.45) is 28.6 Å². The lowest BCUT2D eigenvalue weighted by atomic mass is 9.46. The SMILES string of the molecule is CCCCCC1(O)C[C@@H]2[C@H](CC[C@]3(C)[C@@H](OC(C)=O)CC[C@@H]23)[C@@](C)(CCCOC(C)=O)C1. The van der Waals surface area contributed by atoms with Gasteiger partial charge in [-0.15, -0.1) is 0 Å². The second-order valence-electron chi connectivity index (χ2n) is 11.8. The van der Waals surface area contributed by atoms with Crippen molar-refractivity contribution < 1.29 is 24.2 Å². The van der Waals surface area contributed by atoms with Crippen LogP contribution in [0.1, 0.15) is 112 Å². The van der Waals surface area contributed by atoms with Gasteiger partial charge in [0.1, 0.15) is 6.10 Å². The van der Waals surface area contributed by atoms with E-state index in [4.69, 9.17) is 9.47 Å². The zero-order chi connectivity index (χ0) is 23.6. The minimum absolute atomic E-state index is 0.0104. The number of carbonyl (C=O) groups is 2. The molecule has 3 saturated carbocycles. The molecule has 1 N–H and O–H groups in total. The maximum Gasteiger partial charge on any atom is 0.302 e. The number of ether oxygens (including phenoxy) is 2. The van der Waals surface area contributed by atoms with Crippen LogP contribution in [0, 0.1) is 28.6 Å². The van der Waals surface area contributed by atoms with E-state index in [2.05, 4.69) is 20.8 Å².